The van der Waals surface area contributed by atoms with Crippen LogP contribution in [0.3, 0.4) is 0 Å². The van der Waals surface area contributed by atoms with Crippen molar-refractivity contribution >= 4 is 39.3 Å². The van der Waals surface area contributed by atoms with Crippen LogP contribution in [0.15, 0.2) is 99.2 Å². The highest BCUT2D eigenvalue weighted by Gasteiger charge is 2.22. The van der Waals surface area contributed by atoms with E-state index in [1.807, 2.05) is 60.7 Å². The van der Waals surface area contributed by atoms with Crippen molar-refractivity contribution in [2.24, 2.45) is 10.1 Å². The van der Waals surface area contributed by atoms with Gasteiger partial charge in [-0.25, -0.2) is 0 Å². The molecule has 0 aliphatic heterocycles. The van der Waals surface area contributed by atoms with E-state index in [1.54, 1.807) is 25.3 Å². The molecule has 0 aliphatic carbocycles. The van der Waals surface area contributed by atoms with Gasteiger partial charge >= 0.3 is 0 Å². The highest BCUT2D eigenvalue weighted by Crippen LogP contribution is 2.34. The van der Waals surface area contributed by atoms with Crippen LogP contribution in [0, 0.1) is 6.92 Å². The van der Waals surface area contributed by atoms with Gasteiger partial charge in [0.1, 0.15) is 4.90 Å². The highest BCUT2D eigenvalue weighted by atomic mass is 35.5. The number of benzene rings is 3. The van der Waals surface area contributed by atoms with E-state index in [1.165, 1.54) is 22.5 Å². The zero-order valence-electron chi connectivity index (χ0n) is 17.7. The number of halogens is 1. The normalized spacial score (nSPS) is 12.1. The minimum absolute atomic E-state index is 0.0571. The van der Waals surface area contributed by atoms with Gasteiger partial charge in [0.2, 0.25) is 5.96 Å². The molecular formula is C24H21ClN4O2S2. The first-order valence-corrected chi connectivity index (χ1v) is 12.8. The summed E-state index contributed by atoms with van der Waals surface area (Å²) in [5, 5.41) is 4.66. The van der Waals surface area contributed by atoms with Crippen LogP contribution in [0.25, 0.3) is 11.3 Å². The minimum Gasteiger partial charge on any atom is -0.367 e. The first kappa shape index (κ1) is 23.1. The smallest absolute Gasteiger partial charge is 0.286 e. The van der Waals surface area contributed by atoms with Crippen molar-refractivity contribution in [3.05, 3.63) is 101 Å². The summed E-state index contributed by atoms with van der Waals surface area (Å²) in [5.74, 6) is 0.338. The lowest BCUT2D eigenvalue weighted by Crippen LogP contribution is -2.26. The summed E-state index contributed by atoms with van der Waals surface area (Å²) in [6, 6.07) is 24.1. The molecule has 0 fully saturated rings. The molecule has 0 saturated carbocycles. The van der Waals surface area contributed by atoms with Gasteiger partial charge in [0.25, 0.3) is 10.0 Å². The molecule has 0 bridgehead atoms. The van der Waals surface area contributed by atoms with E-state index in [0.29, 0.717) is 26.9 Å². The first-order valence-electron chi connectivity index (χ1n) is 10.0. The van der Waals surface area contributed by atoms with Gasteiger partial charge in [0.15, 0.2) is 0 Å². The van der Waals surface area contributed by atoms with E-state index in [4.69, 9.17) is 17.3 Å². The van der Waals surface area contributed by atoms with E-state index < -0.39 is 10.0 Å². The lowest BCUT2D eigenvalue weighted by Gasteiger charge is -2.12. The molecule has 0 aliphatic rings. The van der Waals surface area contributed by atoms with E-state index in [9.17, 15) is 8.42 Å². The molecule has 1 aromatic heterocycles. The van der Waals surface area contributed by atoms with Gasteiger partial charge in [-0.05, 0) is 36.2 Å². The zero-order chi connectivity index (χ0) is 23.4. The molecule has 6 nitrogen and oxygen atoms in total. The fraction of sp³-hybridized carbons (Fsp3) is 0.0833. The summed E-state index contributed by atoms with van der Waals surface area (Å²) in [6.07, 6.45) is 1.55. The van der Waals surface area contributed by atoms with Crippen LogP contribution in [-0.2, 0) is 15.8 Å². The first-order chi connectivity index (χ1) is 15.8. The van der Waals surface area contributed by atoms with E-state index in [-0.39, 0.29) is 10.9 Å². The maximum absolute atomic E-state index is 13.3. The Morgan fingerprint density at radius 3 is 2.42 bits per heavy atom. The number of rotatable bonds is 6. The quantitative estimate of drug-likeness (QED) is 0.220. The predicted molar refractivity (Wildman–Crippen MR) is 134 cm³/mol. The number of hydrogen-bond acceptors (Lipinski definition) is 4. The summed E-state index contributed by atoms with van der Waals surface area (Å²) < 4.78 is 31.8. The van der Waals surface area contributed by atoms with Crippen molar-refractivity contribution in [2.75, 3.05) is 0 Å². The van der Waals surface area contributed by atoms with Crippen molar-refractivity contribution < 1.29 is 8.42 Å². The van der Waals surface area contributed by atoms with Crippen molar-refractivity contribution in [3.63, 3.8) is 0 Å². The predicted octanol–water partition coefficient (Wildman–Crippen LogP) is 5.36. The van der Waals surface area contributed by atoms with Gasteiger partial charge in [-0.2, -0.15) is 18.2 Å². The molecule has 3 aromatic carbocycles. The number of hydrogen-bond donors (Lipinski definition) is 1. The van der Waals surface area contributed by atoms with Crippen molar-refractivity contribution in [1.29, 1.82) is 0 Å². The number of sulfonamides is 1. The SMILES string of the molecule is Cc1cc(S(=O)(=O)N=C(N)n2nccc2-c2ccccc2)c(SCc2ccccc2)cc1Cl. The standard InChI is InChI=1S/C24H21ClN4O2S2/c1-17-14-23(22(15-20(17)25)32-16-18-8-4-2-5-9-18)33(30,31)28-24(26)29-21(12-13-27-29)19-10-6-3-7-11-19/h2-15H,16H2,1H3,(H2,26,28). The second-order valence-corrected chi connectivity index (χ2v) is 10.2. The molecule has 168 valence electrons. The molecule has 2 N–H and O–H groups in total. The Bertz CT molecular complexity index is 1400. The third-order valence-corrected chi connectivity index (χ3v) is 7.87. The fourth-order valence-corrected chi connectivity index (χ4v) is 5.91. The monoisotopic (exact) mass is 496 g/mol. The summed E-state index contributed by atoms with van der Waals surface area (Å²) >= 11 is 7.69. The number of aromatic nitrogens is 2. The third kappa shape index (κ3) is 5.30. The lowest BCUT2D eigenvalue weighted by atomic mass is 10.1. The number of nitrogens with zero attached hydrogens (tertiary/aromatic N) is 3. The van der Waals surface area contributed by atoms with E-state index in [0.717, 1.165) is 11.1 Å². The molecule has 4 aromatic rings. The van der Waals surface area contributed by atoms with E-state index in [2.05, 4.69) is 9.50 Å². The Morgan fingerprint density at radius 1 is 1.06 bits per heavy atom. The minimum atomic E-state index is -4.14. The van der Waals surface area contributed by atoms with Gasteiger partial charge in [-0.1, -0.05) is 72.3 Å². The molecule has 0 saturated heterocycles. The summed E-state index contributed by atoms with van der Waals surface area (Å²) in [4.78, 5) is 0.566. The second kappa shape index (κ2) is 9.82. The Hall–Kier alpha value is -3.07. The van der Waals surface area contributed by atoms with Crippen LogP contribution in [0.1, 0.15) is 11.1 Å². The molecule has 0 unspecified atom stereocenters. The highest BCUT2D eigenvalue weighted by molar-refractivity contribution is 7.99. The Balaban J connectivity index is 1.71. The molecule has 4 rings (SSSR count). The third-order valence-electron chi connectivity index (χ3n) is 4.88. The summed E-state index contributed by atoms with van der Waals surface area (Å²) in [7, 11) is -4.14. The molecule has 0 amide bonds. The van der Waals surface area contributed by atoms with Gasteiger partial charge in [-0.15, -0.1) is 16.2 Å². The number of nitrogens with two attached hydrogens (primary N) is 1. The average Bonchev–Trinajstić information content (AvgIpc) is 3.31. The fourth-order valence-electron chi connectivity index (χ4n) is 3.21. The van der Waals surface area contributed by atoms with Crippen LogP contribution >= 0.6 is 23.4 Å². The molecule has 33 heavy (non-hydrogen) atoms. The number of thioether (sulfide) groups is 1. The van der Waals surface area contributed by atoms with Crippen LogP contribution < -0.4 is 5.73 Å². The van der Waals surface area contributed by atoms with Crippen molar-refractivity contribution in [1.82, 2.24) is 9.78 Å². The topological polar surface area (TPSA) is 90.3 Å². The second-order valence-electron chi connectivity index (χ2n) is 7.24. The molecular weight excluding hydrogens is 476 g/mol. The average molecular weight is 497 g/mol. The maximum atomic E-state index is 13.3. The largest absolute Gasteiger partial charge is 0.367 e. The molecule has 9 heteroatoms. The molecule has 0 spiro atoms. The van der Waals surface area contributed by atoms with Crippen LogP contribution in [0.2, 0.25) is 5.02 Å². The van der Waals surface area contributed by atoms with Crippen LogP contribution in [0.5, 0.6) is 0 Å². The number of aryl methyl sites for hydroxylation is 1. The molecule has 0 radical (unpaired) electrons. The zero-order valence-corrected chi connectivity index (χ0v) is 20.1. The Kier molecular flexibility index (Phi) is 6.88. The lowest BCUT2D eigenvalue weighted by molar-refractivity contribution is 0.595. The van der Waals surface area contributed by atoms with E-state index >= 15 is 0 Å². The van der Waals surface area contributed by atoms with Crippen LogP contribution in [-0.4, -0.2) is 24.2 Å². The summed E-state index contributed by atoms with van der Waals surface area (Å²) in [6.45, 7) is 1.75. The Labute approximate surface area is 202 Å². The molecule has 0 atom stereocenters. The Morgan fingerprint density at radius 2 is 1.73 bits per heavy atom. The summed E-state index contributed by atoms with van der Waals surface area (Å²) in [5.41, 5.74) is 9.30. The van der Waals surface area contributed by atoms with Gasteiger partial charge < -0.3 is 5.73 Å². The van der Waals surface area contributed by atoms with Gasteiger partial charge in [0, 0.05) is 21.2 Å². The van der Waals surface area contributed by atoms with Gasteiger partial charge in [-0.3, -0.25) is 0 Å². The van der Waals surface area contributed by atoms with Crippen molar-refractivity contribution in [2.45, 2.75) is 22.5 Å². The molecule has 1 heterocycles. The van der Waals surface area contributed by atoms with Crippen LogP contribution in [0.4, 0.5) is 0 Å². The van der Waals surface area contributed by atoms with Crippen molar-refractivity contribution in [3.8, 4) is 11.3 Å². The van der Waals surface area contributed by atoms with Gasteiger partial charge in [0.05, 0.1) is 11.9 Å². The maximum Gasteiger partial charge on any atom is 0.286 e.